The van der Waals surface area contributed by atoms with Crippen LogP contribution in [0.2, 0.25) is 0 Å². The molecule has 0 aliphatic carbocycles. The zero-order valence-corrected chi connectivity index (χ0v) is 8.35. The number of hydrogen-bond donors (Lipinski definition) is 4. The summed E-state index contributed by atoms with van der Waals surface area (Å²) in [5.41, 5.74) is 5.08. The molecule has 0 aromatic rings. The van der Waals surface area contributed by atoms with Gasteiger partial charge in [-0.05, 0) is 13.0 Å². The number of carbonyl (C=O) groups is 1. The number of alkyl halides is 3. The predicted octanol–water partition coefficient (Wildman–Crippen LogP) is -0.916. The van der Waals surface area contributed by atoms with Gasteiger partial charge in [0.1, 0.15) is 0 Å². The standard InChI is InChI=1S/C3H10N2O2S.C2HF3O2/c4-2-1-3-5-8(6)7;3-2(4,5)1(6)7/h8H,1-4H2,(H,5,6,7);(H,6,7). The number of rotatable bonds is 4. The molecule has 0 rings (SSSR count). The van der Waals surface area contributed by atoms with Gasteiger partial charge in [0.2, 0.25) is 10.9 Å². The number of nitrogens with one attached hydrogen (secondary N) is 1. The van der Waals surface area contributed by atoms with E-state index in [9.17, 15) is 21.6 Å². The van der Waals surface area contributed by atoms with Gasteiger partial charge in [-0.1, -0.05) is 0 Å². The fourth-order valence-electron chi connectivity index (χ4n) is 0.272. The lowest BCUT2D eigenvalue weighted by molar-refractivity contribution is -0.192. The Kier molecular flexibility index (Phi) is 9.31. The Hall–Kier alpha value is -0.870. The maximum Gasteiger partial charge on any atom is 0.490 e. The van der Waals surface area contributed by atoms with Crippen molar-refractivity contribution in [3.8, 4) is 0 Å². The van der Waals surface area contributed by atoms with Crippen LogP contribution in [0, 0.1) is 0 Å². The van der Waals surface area contributed by atoms with Gasteiger partial charge in [0, 0.05) is 6.54 Å². The molecular formula is C5H11F3N2O4S. The van der Waals surface area contributed by atoms with Crippen LogP contribution in [-0.2, 0) is 15.7 Å². The lowest BCUT2D eigenvalue weighted by Gasteiger charge is -1.93. The third-order valence-corrected chi connectivity index (χ3v) is 1.35. The number of nitrogens with two attached hydrogens (primary N) is 1. The molecule has 0 amide bonds. The molecule has 0 fully saturated rings. The SMILES string of the molecule is NCCCN[SH](=O)=O.O=C(O)C(F)(F)F. The van der Waals surface area contributed by atoms with E-state index < -0.39 is 23.0 Å². The summed E-state index contributed by atoms with van der Waals surface area (Å²) in [6.45, 7) is 0.978. The van der Waals surface area contributed by atoms with Crippen molar-refractivity contribution in [2.75, 3.05) is 13.1 Å². The van der Waals surface area contributed by atoms with E-state index in [1.807, 2.05) is 0 Å². The molecule has 0 aromatic carbocycles. The molecule has 0 saturated carbocycles. The summed E-state index contributed by atoms with van der Waals surface area (Å²) in [4.78, 5) is 8.90. The second-order valence-electron chi connectivity index (χ2n) is 2.11. The minimum atomic E-state index is -5.08. The van der Waals surface area contributed by atoms with Crippen LogP contribution in [0.3, 0.4) is 0 Å². The van der Waals surface area contributed by atoms with E-state index in [1.165, 1.54) is 0 Å². The molecule has 0 saturated heterocycles. The first-order chi connectivity index (χ1) is 6.71. The molecule has 4 N–H and O–H groups in total. The molecule has 15 heavy (non-hydrogen) atoms. The van der Waals surface area contributed by atoms with Crippen molar-refractivity contribution >= 4 is 16.9 Å². The van der Waals surface area contributed by atoms with Crippen LogP contribution in [0.1, 0.15) is 6.42 Å². The molecule has 0 radical (unpaired) electrons. The molecule has 0 aromatic heterocycles. The summed E-state index contributed by atoms with van der Waals surface area (Å²) in [5, 5.41) is 7.12. The van der Waals surface area contributed by atoms with Gasteiger partial charge in [0.05, 0.1) is 0 Å². The Bertz CT molecular complexity index is 245. The molecule has 92 valence electrons. The highest BCUT2D eigenvalue weighted by atomic mass is 32.2. The molecule has 0 heterocycles. The Morgan fingerprint density at radius 2 is 1.80 bits per heavy atom. The largest absolute Gasteiger partial charge is 0.490 e. The molecule has 0 atom stereocenters. The number of halogens is 3. The minimum Gasteiger partial charge on any atom is -0.475 e. The van der Waals surface area contributed by atoms with E-state index in [4.69, 9.17) is 15.6 Å². The maximum absolute atomic E-state index is 10.6. The number of carboxylic acid groups (broad SMARTS) is 1. The summed E-state index contributed by atoms with van der Waals surface area (Å²) in [7, 11) is -2.42. The van der Waals surface area contributed by atoms with Gasteiger partial charge in [-0.15, -0.1) is 0 Å². The smallest absolute Gasteiger partial charge is 0.475 e. The van der Waals surface area contributed by atoms with Gasteiger partial charge >= 0.3 is 12.1 Å². The summed E-state index contributed by atoms with van der Waals surface area (Å²) in [5.74, 6) is -2.76. The van der Waals surface area contributed by atoms with Crippen molar-refractivity contribution < 1.29 is 31.5 Å². The van der Waals surface area contributed by atoms with Crippen molar-refractivity contribution in [3.05, 3.63) is 0 Å². The van der Waals surface area contributed by atoms with Gasteiger partial charge in [-0.25, -0.2) is 17.9 Å². The summed E-state index contributed by atoms with van der Waals surface area (Å²) in [6.07, 6.45) is -4.39. The minimum absolute atomic E-state index is 0.454. The quantitative estimate of drug-likeness (QED) is 0.382. The van der Waals surface area contributed by atoms with E-state index in [0.29, 0.717) is 19.5 Å². The zero-order valence-electron chi connectivity index (χ0n) is 7.45. The maximum atomic E-state index is 10.6. The molecule has 10 heteroatoms. The second kappa shape index (κ2) is 8.44. The molecule has 0 aliphatic heterocycles. The molecule has 6 nitrogen and oxygen atoms in total. The summed E-state index contributed by atoms with van der Waals surface area (Å²) < 4.78 is 53.5. The van der Waals surface area contributed by atoms with Crippen LogP contribution in [0.5, 0.6) is 0 Å². The van der Waals surface area contributed by atoms with Crippen LogP contribution >= 0.6 is 0 Å². The fraction of sp³-hybridized carbons (Fsp3) is 0.800. The van der Waals surface area contributed by atoms with Crippen LogP contribution < -0.4 is 10.5 Å². The summed E-state index contributed by atoms with van der Waals surface area (Å²) in [6, 6.07) is 0. The highest BCUT2D eigenvalue weighted by Gasteiger charge is 2.38. The molecule has 0 bridgehead atoms. The molecule has 0 spiro atoms. The van der Waals surface area contributed by atoms with E-state index in [1.54, 1.807) is 0 Å². The van der Waals surface area contributed by atoms with E-state index >= 15 is 0 Å². The first-order valence-corrected chi connectivity index (χ1v) is 4.77. The average molecular weight is 252 g/mol. The van der Waals surface area contributed by atoms with E-state index in [-0.39, 0.29) is 0 Å². The predicted molar refractivity (Wildman–Crippen MR) is 45.7 cm³/mol. The number of aliphatic carboxylic acids is 1. The van der Waals surface area contributed by atoms with Gasteiger partial charge in [0.25, 0.3) is 0 Å². The van der Waals surface area contributed by atoms with Gasteiger partial charge < -0.3 is 10.8 Å². The Morgan fingerprint density at radius 1 is 1.40 bits per heavy atom. The van der Waals surface area contributed by atoms with Gasteiger partial charge in [0.15, 0.2) is 0 Å². The van der Waals surface area contributed by atoms with Crippen molar-refractivity contribution in [1.82, 2.24) is 4.72 Å². The van der Waals surface area contributed by atoms with Crippen LogP contribution in [-0.4, -0.2) is 38.8 Å². The Balaban J connectivity index is 0. The fourth-order valence-corrected chi connectivity index (χ4v) is 0.613. The number of carboxylic acids is 1. The van der Waals surface area contributed by atoms with Crippen LogP contribution in [0.4, 0.5) is 13.2 Å². The van der Waals surface area contributed by atoms with Crippen LogP contribution in [0.15, 0.2) is 0 Å². The van der Waals surface area contributed by atoms with Gasteiger partial charge in [-0.3, -0.25) is 0 Å². The number of thiol groups is 1. The number of hydrogen-bond acceptors (Lipinski definition) is 4. The zero-order chi connectivity index (χ0) is 12.5. The molecule has 0 aliphatic rings. The second-order valence-corrected chi connectivity index (χ2v) is 2.94. The first-order valence-electron chi connectivity index (χ1n) is 3.60. The van der Waals surface area contributed by atoms with Crippen molar-refractivity contribution in [3.63, 3.8) is 0 Å². The lowest BCUT2D eigenvalue weighted by atomic mass is 10.4. The van der Waals surface area contributed by atoms with Crippen molar-refractivity contribution in [1.29, 1.82) is 0 Å². The molecule has 0 unspecified atom stereocenters. The highest BCUT2D eigenvalue weighted by Crippen LogP contribution is 2.13. The average Bonchev–Trinajstić information content (AvgIpc) is 2.03. The highest BCUT2D eigenvalue weighted by molar-refractivity contribution is 7.70. The van der Waals surface area contributed by atoms with Crippen molar-refractivity contribution in [2.24, 2.45) is 5.73 Å². The molecular weight excluding hydrogens is 241 g/mol. The van der Waals surface area contributed by atoms with Crippen LogP contribution in [0.25, 0.3) is 0 Å². The Labute approximate surface area is 85.3 Å². The van der Waals surface area contributed by atoms with Crippen molar-refractivity contribution in [2.45, 2.75) is 12.6 Å². The first kappa shape index (κ1) is 16.6. The van der Waals surface area contributed by atoms with E-state index in [2.05, 4.69) is 4.72 Å². The normalized spacial score (nSPS) is 10.7. The third kappa shape index (κ3) is 15.9. The topological polar surface area (TPSA) is 109 Å². The third-order valence-electron chi connectivity index (χ3n) is 0.864. The summed E-state index contributed by atoms with van der Waals surface area (Å²) >= 11 is 0. The van der Waals surface area contributed by atoms with Gasteiger partial charge in [-0.2, -0.15) is 13.2 Å². The monoisotopic (exact) mass is 252 g/mol. The lowest BCUT2D eigenvalue weighted by Crippen LogP contribution is -2.21. The van der Waals surface area contributed by atoms with E-state index in [0.717, 1.165) is 0 Å². The Morgan fingerprint density at radius 3 is 2.00 bits per heavy atom.